The third kappa shape index (κ3) is 4.37. The summed E-state index contributed by atoms with van der Waals surface area (Å²) in [5, 5.41) is 12.5. The second-order valence-corrected chi connectivity index (χ2v) is 4.71. The zero-order valence-electron chi connectivity index (χ0n) is 10.8. The number of aliphatic hydroxyl groups excluding tert-OH is 1. The molecule has 4 heteroatoms. The number of nitrogens with one attached hydrogen (secondary N) is 1. The molecule has 0 aromatic heterocycles. The van der Waals surface area contributed by atoms with Crippen molar-refractivity contribution < 1.29 is 9.84 Å². The molecule has 3 unspecified atom stereocenters. The smallest absolute Gasteiger partial charge is 0.0674 e. The highest BCUT2D eigenvalue weighted by Gasteiger charge is 2.23. The third-order valence-electron chi connectivity index (χ3n) is 3.21. The third-order valence-corrected chi connectivity index (χ3v) is 3.21. The van der Waals surface area contributed by atoms with Crippen molar-refractivity contribution in [2.75, 3.05) is 32.8 Å². The summed E-state index contributed by atoms with van der Waals surface area (Å²) in [7, 11) is 0. The van der Waals surface area contributed by atoms with Gasteiger partial charge in [-0.1, -0.05) is 6.92 Å². The monoisotopic (exact) mass is 230 g/mol. The molecular formula is C12H26N2O2. The van der Waals surface area contributed by atoms with Gasteiger partial charge in [-0.3, -0.25) is 4.90 Å². The number of nitrogens with zero attached hydrogens (tertiary/aromatic N) is 1. The Bertz CT molecular complexity index is 190. The van der Waals surface area contributed by atoms with Gasteiger partial charge in [0, 0.05) is 25.2 Å². The predicted molar refractivity (Wildman–Crippen MR) is 65.6 cm³/mol. The van der Waals surface area contributed by atoms with E-state index in [2.05, 4.69) is 31.0 Å². The minimum absolute atomic E-state index is 0.224. The Morgan fingerprint density at radius 1 is 1.50 bits per heavy atom. The van der Waals surface area contributed by atoms with Crippen LogP contribution in [0.15, 0.2) is 0 Å². The zero-order valence-corrected chi connectivity index (χ0v) is 10.8. The molecule has 4 nitrogen and oxygen atoms in total. The molecule has 0 aromatic rings. The van der Waals surface area contributed by atoms with Crippen LogP contribution in [0, 0.1) is 0 Å². The SMILES string of the molecule is CCNC(CO)CCN1CC(C)OCC1C. The van der Waals surface area contributed by atoms with Gasteiger partial charge < -0.3 is 15.2 Å². The van der Waals surface area contributed by atoms with Gasteiger partial charge in [0.25, 0.3) is 0 Å². The Kier molecular flexibility index (Phi) is 6.28. The Labute approximate surface area is 99.0 Å². The normalized spacial score (nSPS) is 29.2. The molecule has 2 N–H and O–H groups in total. The fourth-order valence-corrected chi connectivity index (χ4v) is 2.15. The van der Waals surface area contributed by atoms with Gasteiger partial charge in [-0.15, -0.1) is 0 Å². The Morgan fingerprint density at radius 2 is 2.25 bits per heavy atom. The maximum atomic E-state index is 9.20. The summed E-state index contributed by atoms with van der Waals surface area (Å²) in [5.74, 6) is 0. The van der Waals surface area contributed by atoms with E-state index in [0.717, 1.165) is 32.7 Å². The summed E-state index contributed by atoms with van der Waals surface area (Å²) in [4.78, 5) is 2.45. The second-order valence-electron chi connectivity index (χ2n) is 4.71. The van der Waals surface area contributed by atoms with Gasteiger partial charge in [-0.05, 0) is 26.8 Å². The topological polar surface area (TPSA) is 44.7 Å². The number of rotatable bonds is 6. The van der Waals surface area contributed by atoms with Gasteiger partial charge in [0.1, 0.15) is 0 Å². The van der Waals surface area contributed by atoms with E-state index in [1.165, 1.54) is 0 Å². The molecular weight excluding hydrogens is 204 g/mol. The first-order chi connectivity index (χ1) is 7.67. The molecule has 96 valence electrons. The van der Waals surface area contributed by atoms with Crippen molar-refractivity contribution in [1.29, 1.82) is 0 Å². The number of morpholine rings is 1. The van der Waals surface area contributed by atoms with E-state index in [1.807, 2.05) is 0 Å². The molecule has 1 rings (SSSR count). The van der Waals surface area contributed by atoms with Crippen LogP contribution in [0.5, 0.6) is 0 Å². The second kappa shape index (κ2) is 7.22. The Morgan fingerprint density at radius 3 is 2.88 bits per heavy atom. The lowest BCUT2D eigenvalue weighted by atomic mass is 10.1. The van der Waals surface area contributed by atoms with Crippen LogP contribution in [0.1, 0.15) is 27.2 Å². The Balaban J connectivity index is 2.28. The molecule has 0 aliphatic carbocycles. The van der Waals surface area contributed by atoms with Crippen LogP contribution in [0.4, 0.5) is 0 Å². The van der Waals surface area contributed by atoms with E-state index in [-0.39, 0.29) is 12.6 Å². The first-order valence-corrected chi connectivity index (χ1v) is 6.37. The first kappa shape index (κ1) is 13.9. The van der Waals surface area contributed by atoms with Crippen LogP contribution in [0.3, 0.4) is 0 Å². The number of ether oxygens (including phenoxy) is 1. The standard InChI is InChI=1S/C12H26N2O2/c1-4-13-12(8-15)5-6-14-7-11(3)16-9-10(14)2/h10-13,15H,4-9H2,1-3H3. The van der Waals surface area contributed by atoms with Crippen molar-refractivity contribution in [3.05, 3.63) is 0 Å². The maximum Gasteiger partial charge on any atom is 0.0674 e. The van der Waals surface area contributed by atoms with Crippen molar-refractivity contribution in [1.82, 2.24) is 10.2 Å². The average molecular weight is 230 g/mol. The summed E-state index contributed by atoms with van der Waals surface area (Å²) >= 11 is 0. The van der Waals surface area contributed by atoms with Crippen LogP contribution in [-0.2, 0) is 4.74 Å². The fourth-order valence-electron chi connectivity index (χ4n) is 2.15. The quantitative estimate of drug-likeness (QED) is 0.696. The molecule has 3 atom stereocenters. The minimum Gasteiger partial charge on any atom is -0.395 e. The molecule has 1 fully saturated rings. The van der Waals surface area contributed by atoms with Crippen molar-refractivity contribution in [3.8, 4) is 0 Å². The lowest BCUT2D eigenvalue weighted by Gasteiger charge is -2.37. The number of likely N-dealkylation sites (N-methyl/N-ethyl adjacent to an activating group) is 1. The van der Waals surface area contributed by atoms with E-state index in [9.17, 15) is 5.11 Å². The van der Waals surface area contributed by atoms with E-state index in [1.54, 1.807) is 0 Å². The number of hydrogen-bond donors (Lipinski definition) is 2. The molecule has 0 radical (unpaired) electrons. The van der Waals surface area contributed by atoms with E-state index in [0.29, 0.717) is 12.1 Å². The molecule has 1 aliphatic rings. The fraction of sp³-hybridized carbons (Fsp3) is 1.00. The van der Waals surface area contributed by atoms with Crippen LogP contribution in [0.25, 0.3) is 0 Å². The predicted octanol–water partition coefficient (Wildman–Crippen LogP) is 0.456. The summed E-state index contributed by atoms with van der Waals surface area (Å²) in [6, 6.07) is 0.729. The average Bonchev–Trinajstić information content (AvgIpc) is 2.28. The van der Waals surface area contributed by atoms with Gasteiger partial charge in [-0.2, -0.15) is 0 Å². The van der Waals surface area contributed by atoms with Crippen molar-refractivity contribution in [3.63, 3.8) is 0 Å². The van der Waals surface area contributed by atoms with Gasteiger partial charge >= 0.3 is 0 Å². The molecule has 1 saturated heterocycles. The van der Waals surface area contributed by atoms with Crippen molar-refractivity contribution in [2.24, 2.45) is 0 Å². The molecule has 0 bridgehead atoms. The molecule has 16 heavy (non-hydrogen) atoms. The highest BCUT2D eigenvalue weighted by atomic mass is 16.5. The lowest BCUT2D eigenvalue weighted by Crippen LogP contribution is -2.49. The highest BCUT2D eigenvalue weighted by molar-refractivity contribution is 4.77. The maximum absolute atomic E-state index is 9.20. The van der Waals surface area contributed by atoms with Gasteiger partial charge in [0.2, 0.25) is 0 Å². The molecule has 0 saturated carbocycles. The van der Waals surface area contributed by atoms with E-state index in [4.69, 9.17) is 4.74 Å². The summed E-state index contributed by atoms with van der Waals surface area (Å²) in [6.45, 7) is 10.4. The van der Waals surface area contributed by atoms with Crippen LogP contribution in [0.2, 0.25) is 0 Å². The lowest BCUT2D eigenvalue weighted by molar-refractivity contribution is -0.0505. The molecule has 0 spiro atoms. The molecule has 0 aromatic carbocycles. The minimum atomic E-state index is 0.224. The largest absolute Gasteiger partial charge is 0.395 e. The van der Waals surface area contributed by atoms with Crippen molar-refractivity contribution >= 4 is 0 Å². The van der Waals surface area contributed by atoms with Crippen LogP contribution >= 0.6 is 0 Å². The number of aliphatic hydroxyl groups is 1. The molecule has 0 amide bonds. The van der Waals surface area contributed by atoms with Gasteiger partial charge in [0.15, 0.2) is 0 Å². The number of hydrogen-bond acceptors (Lipinski definition) is 4. The molecule has 1 heterocycles. The molecule has 1 aliphatic heterocycles. The van der Waals surface area contributed by atoms with Crippen LogP contribution < -0.4 is 5.32 Å². The van der Waals surface area contributed by atoms with Gasteiger partial charge in [0.05, 0.1) is 19.3 Å². The highest BCUT2D eigenvalue weighted by Crippen LogP contribution is 2.12. The van der Waals surface area contributed by atoms with E-state index >= 15 is 0 Å². The summed E-state index contributed by atoms with van der Waals surface area (Å²) in [5.41, 5.74) is 0. The summed E-state index contributed by atoms with van der Waals surface area (Å²) in [6.07, 6.45) is 1.34. The Hall–Kier alpha value is -0.160. The van der Waals surface area contributed by atoms with Gasteiger partial charge in [-0.25, -0.2) is 0 Å². The first-order valence-electron chi connectivity index (χ1n) is 6.37. The van der Waals surface area contributed by atoms with Crippen molar-refractivity contribution in [2.45, 2.75) is 45.4 Å². The zero-order chi connectivity index (χ0) is 12.0. The summed E-state index contributed by atoms with van der Waals surface area (Å²) < 4.78 is 5.59. The van der Waals surface area contributed by atoms with Crippen LogP contribution in [-0.4, -0.2) is 61.0 Å². The van der Waals surface area contributed by atoms with E-state index < -0.39 is 0 Å².